The highest BCUT2D eigenvalue weighted by atomic mass is 32.2. The zero-order valence-electron chi connectivity index (χ0n) is 20.6. The number of fused-ring (bicyclic) bond motifs is 1. The summed E-state index contributed by atoms with van der Waals surface area (Å²) in [6.07, 6.45) is 1.73. The predicted molar refractivity (Wildman–Crippen MR) is 140 cm³/mol. The Morgan fingerprint density at radius 2 is 1.78 bits per heavy atom. The Morgan fingerprint density at radius 1 is 1.00 bits per heavy atom. The van der Waals surface area contributed by atoms with Crippen LogP contribution in [0.25, 0.3) is 11.1 Å². The molecule has 3 aromatic carbocycles. The molecule has 0 spiro atoms. The molecule has 1 aliphatic heterocycles. The number of carbonyl (C=O) groups is 1. The number of nitrogens with one attached hydrogen (secondary N) is 1. The minimum absolute atomic E-state index is 0.0721. The van der Waals surface area contributed by atoms with E-state index in [4.69, 9.17) is 14.2 Å². The molecule has 1 amide bonds. The van der Waals surface area contributed by atoms with Crippen LogP contribution in [0.2, 0.25) is 0 Å². The van der Waals surface area contributed by atoms with Gasteiger partial charge in [-0.25, -0.2) is 8.42 Å². The van der Waals surface area contributed by atoms with E-state index >= 15 is 0 Å². The molecular formula is C27H30N2O6S. The fourth-order valence-corrected chi connectivity index (χ4v) is 4.83. The Morgan fingerprint density at radius 3 is 2.50 bits per heavy atom. The lowest BCUT2D eigenvalue weighted by atomic mass is 9.90. The van der Waals surface area contributed by atoms with Crippen LogP contribution in [-0.2, 0) is 25.9 Å². The normalized spacial score (nSPS) is 15.5. The van der Waals surface area contributed by atoms with Crippen molar-refractivity contribution in [1.29, 1.82) is 0 Å². The fraction of sp³-hybridized carbons (Fsp3) is 0.296. The summed E-state index contributed by atoms with van der Waals surface area (Å²) < 4.78 is 42.4. The third-order valence-corrected chi connectivity index (χ3v) is 6.47. The Hall–Kier alpha value is -3.40. The molecule has 0 fully saturated rings. The van der Waals surface area contributed by atoms with Crippen LogP contribution in [-0.4, -0.2) is 53.7 Å². The molecule has 0 saturated heterocycles. The van der Waals surface area contributed by atoms with Gasteiger partial charge in [0.2, 0.25) is 10.0 Å². The first-order chi connectivity index (χ1) is 17.3. The van der Waals surface area contributed by atoms with Crippen molar-refractivity contribution in [3.05, 3.63) is 77.9 Å². The molecular weight excluding hydrogens is 480 g/mol. The third-order valence-electron chi connectivity index (χ3n) is 5.88. The summed E-state index contributed by atoms with van der Waals surface area (Å²) in [6.45, 7) is 2.67. The van der Waals surface area contributed by atoms with Crippen molar-refractivity contribution in [2.75, 3.05) is 43.0 Å². The summed E-state index contributed by atoms with van der Waals surface area (Å²) >= 11 is 0. The number of methoxy groups -OCH3 is 1. The number of rotatable bonds is 10. The fourth-order valence-electron chi connectivity index (χ4n) is 4.27. The molecule has 8 nitrogen and oxygen atoms in total. The minimum atomic E-state index is -3.59. The molecule has 36 heavy (non-hydrogen) atoms. The number of hydrogen-bond donors (Lipinski definition) is 1. The number of carbonyl (C=O) groups excluding carboxylic acids is 1. The Balaban J connectivity index is 1.61. The van der Waals surface area contributed by atoms with Gasteiger partial charge < -0.3 is 19.1 Å². The molecule has 4 rings (SSSR count). The molecule has 1 heterocycles. The zero-order valence-corrected chi connectivity index (χ0v) is 21.4. The summed E-state index contributed by atoms with van der Waals surface area (Å²) in [7, 11) is -2.02. The largest absolute Gasteiger partial charge is 0.465 e. The molecule has 0 saturated carbocycles. The maximum atomic E-state index is 13.6. The Kier molecular flexibility index (Phi) is 7.93. The lowest BCUT2D eigenvalue weighted by molar-refractivity contribution is -0.00814. The average Bonchev–Trinajstić information content (AvgIpc) is 2.84. The maximum Gasteiger partial charge on any atom is 0.258 e. The number of anilines is 2. The standard InChI is InChI=1S/C27H30N2O6S/c1-19-15-22-16-21(20-7-5-4-6-8-20)9-11-24(22)27(30)29(19)23-10-12-26(35-18-34-14-13-33-2)25(17-23)28-36(3,31)32/h4-12,16-17,19,28H,13-15,18H2,1-3H3. The van der Waals surface area contributed by atoms with Crippen molar-refractivity contribution in [3.8, 4) is 16.9 Å². The zero-order chi connectivity index (χ0) is 25.7. The quantitative estimate of drug-likeness (QED) is 0.323. The van der Waals surface area contributed by atoms with Crippen LogP contribution >= 0.6 is 0 Å². The van der Waals surface area contributed by atoms with Crippen molar-refractivity contribution in [1.82, 2.24) is 0 Å². The van der Waals surface area contributed by atoms with Crippen molar-refractivity contribution in [2.45, 2.75) is 19.4 Å². The number of amides is 1. The van der Waals surface area contributed by atoms with E-state index in [1.54, 1.807) is 30.2 Å². The highest BCUT2D eigenvalue weighted by Crippen LogP contribution is 2.36. The second-order valence-corrected chi connectivity index (χ2v) is 10.4. The monoisotopic (exact) mass is 510 g/mol. The van der Waals surface area contributed by atoms with Gasteiger partial charge in [-0.3, -0.25) is 9.52 Å². The highest BCUT2D eigenvalue weighted by Gasteiger charge is 2.31. The van der Waals surface area contributed by atoms with Gasteiger partial charge in [0.05, 0.1) is 25.2 Å². The average molecular weight is 511 g/mol. The van der Waals surface area contributed by atoms with Gasteiger partial charge in [0.25, 0.3) is 5.91 Å². The van der Waals surface area contributed by atoms with Gasteiger partial charge in [-0.2, -0.15) is 0 Å². The van der Waals surface area contributed by atoms with E-state index in [1.807, 2.05) is 49.4 Å². The SMILES string of the molecule is COCCOCOc1ccc(N2C(=O)c3ccc(-c4ccccc4)cc3CC2C)cc1NS(C)(=O)=O. The first kappa shape index (κ1) is 25.7. The van der Waals surface area contributed by atoms with Crippen LogP contribution in [0.3, 0.4) is 0 Å². The van der Waals surface area contributed by atoms with E-state index in [2.05, 4.69) is 10.8 Å². The predicted octanol–water partition coefficient (Wildman–Crippen LogP) is 4.32. The van der Waals surface area contributed by atoms with Gasteiger partial charge in [-0.05, 0) is 54.3 Å². The van der Waals surface area contributed by atoms with Gasteiger partial charge in [0.1, 0.15) is 5.75 Å². The lowest BCUT2D eigenvalue weighted by Gasteiger charge is -2.35. The van der Waals surface area contributed by atoms with Crippen molar-refractivity contribution in [3.63, 3.8) is 0 Å². The number of hydrogen-bond acceptors (Lipinski definition) is 6. The Labute approximate surface area is 211 Å². The van der Waals surface area contributed by atoms with E-state index < -0.39 is 10.0 Å². The van der Waals surface area contributed by atoms with Crippen LogP contribution < -0.4 is 14.4 Å². The molecule has 1 unspecified atom stereocenters. The van der Waals surface area contributed by atoms with Crippen molar-refractivity contribution < 1.29 is 27.4 Å². The molecule has 0 radical (unpaired) electrons. The third kappa shape index (κ3) is 6.04. The van der Waals surface area contributed by atoms with E-state index in [-0.39, 0.29) is 24.4 Å². The van der Waals surface area contributed by atoms with Crippen molar-refractivity contribution in [2.24, 2.45) is 0 Å². The second-order valence-electron chi connectivity index (χ2n) is 8.68. The molecule has 0 aromatic heterocycles. The summed E-state index contributed by atoms with van der Waals surface area (Å²) in [6, 6.07) is 20.8. The number of benzene rings is 3. The molecule has 190 valence electrons. The maximum absolute atomic E-state index is 13.6. The summed E-state index contributed by atoms with van der Waals surface area (Å²) in [5, 5.41) is 0. The minimum Gasteiger partial charge on any atom is -0.465 e. The van der Waals surface area contributed by atoms with E-state index in [9.17, 15) is 13.2 Å². The topological polar surface area (TPSA) is 94.2 Å². The van der Waals surface area contributed by atoms with Crippen LogP contribution in [0, 0.1) is 0 Å². The molecule has 1 N–H and O–H groups in total. The Bertz CT molecular complexity index is 1330. The first-order valence-corrected chi connectivity index (χ1v) is 13.5. The summed E-state index contributed by atoms with van der Waals surface area (Å²) in [5.74, 6) is 0.164. The van der Waals surface area contributed by atoms with Crippen LogP contribution in [0.15, 0.2) is 66.7 Å². The first-order valence-electron chi connectivity index (χ1n) is 11.6. The number of nitrogens with zero attached hydrogens (tertiary/aromatic N) is 1. The van der Waals surface area contributed by atoms with Crippen LogP contribution in [0.4, 0.5) is 11.4 Å². The van der Waals surface area contributed by atoms with Gasteiger partial charge in [0, 0.05) is 24.4 Å². The molecule has 3 aromatic rings. The van der Waals surface area contributed by atoms with Crippen LogP contribution in [0.5, 0.6) is 5.75 Å². The molecule has 1 atom stereocenters. The van der Waals surface area contributed by atoms with Gasteiger partial charge in [-0.15, -0.1) is 0 Å². The van der Waals surface area contributed by atoms with E-state index in [0.29, 0.717) is 36.6 Å². The van der Waals surface area contributed by atoms with E-state index in [1.165, 1.54) is 0 Å². The highest BCUT2D eigenvalue weighted by molar-refractivity contribution is 7.92. The van der Waals surface area contributed by atoms with Crippen LogP contribution in [0.1, 0.15) is 22.8 Å². The molecule has 9 heteroatoms. The number of sulfonamides is 1. The van der Waals surface area contributed by atoms with Crippen molar-refractivity contribution >= 4 is 27.3 Å². The lowest BCUT2D eigenvalue weighted by Crippen LogP contribution is -2.44. The summed E-state index contributed by atoms with van der Waals surface area (Å²) in [5.41, 5.74) is 4.60. The molecule has 1 aliphatic rings. The smallest absolute Gasteiger partial charge is 0.258 e. The second kappa shape index (κ2) is 11.1. The van der Waals surface area contributed by atoms with E-state index in [0.717, 1.165) is 22.9 Å². The molecule has 0 aliphatic carbocycles. The number of ether oxygens (including phenoxy) is 3. The van der Waals surface area contributed by atoms with Gasteiger partial charge >= 0.3 is 0 Å². The van der Waals surface area contributed by atoms with Gasteiger partial charge in [0.15, 0.2) is 6.79 Å². The van der Waals surface area contributed by atoms with Gasteiger partial charge in [-0.1, -0.05) is 42.5 Å². The summed E-state index contributed by atoms with van der Waals surface area (Å²) in [4.78, 5) is 15.2. The molecule has 0 bridgehead atoms.